The molecule has 1 amide bonds. The second-order valence-electron chi connectivity index (χ2n) is 4.96. The highest BCUT2D eigenvalue weighted by molar-refractivity contribution is 5.95. The first-order valence-electron chi connectivity index (χ1n) is 6.70. The standard InChI is InChI=1S/C14H18F2N2O3.ClH/c15-13(16)21-11-3-1-2-10(8-11)18-12(19)14(9-17)4-6-20-7-5-14;/h1-3,8,13H,4-7,9,17H2,(H,18,19);1H. The zero-order valence-corrected chi connectivity index (χ0v) is 12.7. The maximum atomic E-state index is 12.4. The van der Waals surface area contributed by atoms with Crippen LogP contribution in [-0.4, -0.2) is 32.3 Å². The molecule has 1 aliphatic heterocycles. The summed E-state index contributed by atoms with van der Waals surface area (Å²) in [5, 5.41) is 2.72. The van der Waals surface area contributed by atoms with E-state index in [1.54, 1.807) is 6.07 Å². The summed E-state index contributed by atoms with van der Waals surface area (Å²) >= 11 is 0. The van der Waals surface area contributed by atoms with Crippen molar-refractivity contribution in [1.82, 2.24) is 0 Å². The number of carbonyl (C=O) groups is 1. The van der Waals surface area contributed by atoms with Crippen LogP contribution in [0.1, 0.15) is 12.8 Å². The predicted octanol–water partition coefficient (Wildman–Crippen LogP) is 2.40. The van der Waals surface area contributed by atoms with Gasteiger partial charge in [-0.3, -0.25) is 4.79 Å². The monoisotopic (exact) mass is 336 g/mol. The molecule has 0 spiro atoms. The van der Waals surface area contributed by atoms with Crippen LogP contribution < -0.4 is 15.8 Å². The van der Waals surface area contributed by atoms with Crippen LogP contribution in [0.5, 0.6) is 5.75 Å². The van der Waals surface area contributed by atoms with Gasteiger partial charge in [0.05, 0.1) is 5.41 Å². The van der Waals surface area contributed by atoms with Gasteiger partial charge in [-0.2, -0.15) is 8.78 Å². The predicted molar refractivity (Wildman–Crippen MR) is 80.5 cm³/mol. The number of carbonyl (C=O) groups excluding carboxylic acids is 1. The van der Waals surface area contributed by atoms with Gasteiger partial charge in [-0.15, -0.1) is 12.4 Å². The second-order valence-corrected chi connectivity index (χ2v) is 4.96. The zero-order chi connectivity index (χ0) is 15.3. The van der Waals surface area contributed by atoms with Crippen LogP contribution in [0.3, 0.4) is 0 Å². The lowest BCUT2D eigenvalue weighted by Crippen LogP contribution is -2.46. The van der Waals surface area contributed by atoms with Crippen LogP contribution in [-0.2, 0) is 9.53 Å². The minimum absolute atomic E-state index is 0. The van der Waals surface area contributed by atoms with Crippen molar-refractivity contribution in [2.45, 2.75) is 19.5 Å². The summed E-state index contributed by atoms with van der Waals surface area (Å²) in [5.74, 6) is -0.223. The molecule has 1 fully saturated rings. The molecular formula is C14H19ClF2N2O3. The van der Waals surface area contributed by atoms with Gasteiger partial charge < -0.3 is 20.5 Å². The van der Waals surface area contributed by atoms with E-state index in [1.165, 1.54) is 18.2 Å². The molecule has 1 aromatic rings. The summed E-state index contributed by atoms with van der Waals surface area (Å²) in [6, 6.07) is 5.90. The van der Waals surface area contributed by atoms with Crippen molar-refractivity contribution in [3.63, 3.8) is 0 Å². The summed E-state index contributed by atoms with van der Waals surface area (Å²) in [7, 11) is 0. The molecule has 0 aromatic heterocycles. The highest BCUT2D eigenvalue weighted by Gasteiger charge is 2.38. The van der Waals surface area contributed by atoms with Gasteiger partial charge in [0.25, 0.3) is 0 Å². The third-order valence-electron chi connectivity index (χ3n) is 3.64. The lowest BCUT2D eigenvalue weighted by atomic mass is 9.79. The molecule has 0 saturated carbocycles. The van der Waals surface area contributed by atoms with Crippen LogP contribution >= 0.6 is 12.4 Å². The number of hydrogen-bond acceptors (Lipinski definition) is 4. The average molecular weight is 337 g/mol. The van der Waals surface area contributed by atoms with E-state index in [9.17, 15) is 13.6 Å². The highest BCUT2D eigenvalue weighted by Crippen LogP contribution is 2.31. The zero-order valence-electron chi connectivity index (χ0n) is 11.9. The van der Waals surface area contributed by atoms with Crippen LogP contribution in [0.2, 0.25) is 0 Å². The van der Waals surface area contributed by atoms with E-state index in [-0.39, 0.29) is 30.6 Å². The topological polar surface area (TPSA) is 73.6 Å². The number of nitrogens with one attached hydrogen (secondary N) is 1. The summed E-state index contributed by atoms with van der Waals surface area (Å²) in [4.78, 5) is 12.4. The number of halogens is 3. The third-order valence-corrected chi connectivity index (χ3v) is 3.64. The Bertz CT molecular complexity index is 497. The molecule has 1 aliphatic rings. The first kappa shape index (κ1) is 18.6. The van der Waals surface area contributed by atoms with Crippen LogP contribution in [0, 0.1) is 5.41 Å². The molecule has 0 aliphatic carbocycles. The lowest BCUT2D eigenvalue weighted by Gasteiger charge is -2.34. The van der Waals surface area contributed by atoms with Crippen molar-refractivity contribution in [1.29, 1.82) is 0 Å². The molecule has 0 radical (unpaired) electrons. The number of rotatable bonds is 5. The van der Waals surface area contributed by atoms with E-state index in [4.69, 9.17) is 10.5 Å². The molecular weight excluding hydrogens is 318 g/mol. The van der Waals surface area contributed by atoms with Crippen molar-refractivity contribution in [2.75, 3.05) is 25.1 Å². The van der Waals surface area contributed by atoms with E-state index in [2.05, 4.69) is 10.1 Å². The molecule has 0 unspecified atom stereocenters. The van der Waals surface area contributed by atoms with E-state index < -0.39 is 12.0 Å². The quantitative estimate of drug-likeness (QED) is 0.866. The molecule has 5 nitrogen and oxygen atoms in total. The normalized spacial score (nSPS) is 16.7. The van der Waals surface area contributed by atoms with Gasteiger partial charge >= 0.3 is 6.61 Å². The number of alkyl halides is 2. The van der Waals surface area contributed by atoms with Crippen molar-refractivity contribution in [3.8, 4) is 5.75 Å². The maximum Gasteiger partial charge on any atom is 0.387 e. The molecule has 1 aromatic carbocycles. The van der Waals surface area contributed by atoms with Crippen molar-refractivity contribution < 1.29 is 23.0 Å². The van der Waals surface area contributed by atoms with Gasteiger partial charge in [-0.1, -0.05) is 6.07 Å². The van der Waals surface area contributed by atoms with Crippen LogP contribution in [0.15, 0.2) is 24.3 Å². The highest BCUT2D eigenvalue weighted by atomic mass is 35.5. The first-order chi connectivity index (χ1) is 10.1. The summed E-state index contributed by atoms with van der Waals surface area (Å²) in [6.07, 6.45) is 1.09. The fourth-order valence-electron chi connectivity index (χ4n) is 2.30. The molecule has 22 heavy (non-hydrogen) atoms. The van der Waals surface area contributed by atoms with E-state index in [0.717, 1.165) is 0 Å². The Labute approximate surface area is 133 Å². The maximum absolute atomic E-state index is 12.4. The molecule has 2 rings (SSSR count). The van der Waals surface area contributed by atoms with E-state index >= 15 is 0 Å². The fraction of sp³-hybridized carbons (Fsp3) is 0.500. The summed E-state index contributed by atoms with van der Waals surface area (Å²) in [6.45, 7) is -1.71. The molecule has 124 valence electrons. The lowest BCUT2D eigenvalue weighted by molar-refractivity contribution is -0.130. The minimum atomic E-state index is -2.90. The van der Waals surface area contributed by atoms with Gasteiger partial charge in [0.2, 0.25) is 5.91 Å². The van der Waals surface area contributed by atoms with Crippen molar-refractivity contribution in [3.05, 3.63) is 24.3 Å². The number of hydrogen-bond donors (Lipinski definition) is 2. The van der Waals surface area contributed by atoms with Gasteiger partial charge in [0.1, 0.15) is 5.75 Å². The summed E-state index contributed by atoms with van der Waals surface area (Å²) < 4.78 is 33.9. The van der Waals surface area contributed by atoms with Crippen LogP contribution in [0.25, 0.3) is 0 Å². The Kier molecular flexibility index (Phi) is 6.99. The molecule has 8 heteroatoms. The molecule has 0 atom stereocenters. The fourth-order valence-corrected chi connectivity index (χ4v) is 2.30. The van der Waals surface area contributed by atoms with Gasteiger partial charge in [0.15, 0.2) is 0 Å². The number of anilines is 1. The molecule has 0 bridgehead atoms. The number of benzene rings is 1. The molecule has 3 N–H and O–H groups in total. The smallest absolute Gasteiger partial charge is 0.387 e. The van der Waals surface area contributed by atoms with Crippen molar-refractivity contribution >= 4 is 24.0 Å². The number of ether oxygens (including phenoxy) is 2. The second kappa shape index (κ2) is 8.26. The first-order valence-corrected chi connectivity index (χ1v) is 6.70. The van der Waals surface area contributed by atoms with Gasteiger partial charge in [-0.25, -0.2) is 0 Å². The summed E-state index contributed by atoms with van der Waals surface area (Å²) in [5.41, 5.74) is 5.48. The molecule has 1 saturated heterocycles. The SMILES string of the molecule is Cl.NCC1(C(=O)Nc2cccc(OC(F)F)c2)CCOCC1. The minimum Gasteiger partial charge on any atom is -0.435 e. The number of nitrogens with two attached hydrogens (primary N) is 1. The average Bonchev–Trinajstić information content (AvgIpc) is 2.47. The van der Waals surface area contributed by atoms with Crippen LogP contribution in [0.4, 0.5) is 14.5 Å². The third kappa shape index (κ3) is 4.53. The Morgan fingerprint density at radius 3 is 2.68 bits per heavy atom. The number of amides is 1. The molecule has 1 heterocycles. The Hall–Kier alpha value is -1.44. The Balaban J connectivity index is 0.00000242. The van der Waals surface area contributed by atoms with Gasteiger partial charge in [-0.05, 0) is 25.0 Å². The Morgan fingerprint density at radius 2 is 2.09 bits per heavy atom. The van der Waals surface area contributed by atoms with Gasteiger partial charge in [0, 0.05) is 31.5 Å². The van der Waals surface area contributed by atoms with E-state index in [0.29, 0.717) is 31.7 Å². The van der Waals surface area contributed by atoms with E-state index in [1.807, 2.05) is 0 Å². The van der Waals surface area contributed by atoms with Crippen molar-refractivity contribution in [2.24, 2.45) is 11.1 Å². The Morgan fingerprint density at radius 1 is 1.41 bits per heavy atom. The largest absolute Gasteiger partial charge is 0.435 e.